The Kier molecular flexibility index (Phi) is 4.35. The molecule has 2 rings (SSSR count). The highest BCUT2D eigenvalue weighted by molar-refractivity contribution is 9.10. The van der Waals surface area contributed by atoms with E-state index in [0.717, 1.165) is 18.7 Å². The van der Waals surface area contributed by atoms with Crippen LogP contribution in [0.3, 0.4) is 0 Å². The van der Waals surface area contributed by atoms with Crippen LogP contribution >= 0.6 is 15.9 Å². The standard InChI is InChI=1S/C13H16BrFN2O/c1-8(10-6-16-7-10)13(18)17-5-9-2-11(14)4-12(15)3-9/h2-4,8,10,16H,5-7H2,1H3,(H,17,18). The molecule has 0 aliphatic carbocycles. The molecule has 0 saturated carbocycles. The van der Waals surface area contributed by atoms with E-state index in [0.29, 0.717) is 16.9 Å². The summed E-state index contributed by atoms with van der Waals surface area (Å²) in [5.41, 5.74) is 0.758. The number of benzene rings is 1. The summed E-state index contributed by atoms with van der Waals surface area (Å²) in [6.07, 6.45) is 0. The molecule has 1 aromatic carbocycles. The van der Waals surface area contributed by atoms with Crippen LogP contribution in [0, 0.1) is 17.7 Å². The van der Waals surface area contributed by atoms with E-state index in [1.54, 1.807) is 6.07 Å². The van der Waals surface area contributed by atoms with E-state index >= 15 is 0 Å². The second-order valence-electron chi connectivity index (χ2n) is 4.70. The third-order valence-electron chi connectivity index (χ3n) is 3.32. The molecule has 1 aliphatic heterocycles. The van der Waals surface area contributed by atoms with Gasteiger partial charge in [-0.25, -0.2) is 4.39 Å². The second kappa shape index (κ2) is 5.80. The quantitative estimate of drug-likeness (QED) is 0.893. The van der Waals surface area contributed by atoms with Crippen molar-refractivity contribution in [3.05, 3.63) is 34.1 Å². The molecular formula is C13H16BrFN2O. The van der Waals surface area contributed by atoms with Crippen molar-refractivity contribution in [1.29, 1.82) is 0 Å². The molecule has 1 amide bonds. The van der Waals surface area contributed by atoms with Gasteiger partial charge in [0.2, 0.25) is 5.91 Å². The first kappa shape index (κ1) is 13.5. The zero-order valence-corrected chi connectivity index (χ0v) is 11.8. The summed E-state index contributed by atoms with van der Waals surface area (Å²) in [5, 5.41) is 6.00. The monoisotopic (exact) mass is 314 g/mol. The number of carbonyl (C=O) groups excluding carboxylic acids is 1. The van der Waals surface area contributed by atoms with Gasteiger partial charge in [-0.3, -0.25) is 4.79 Å². The first-order valence-electron chi connectivity index (χ1n) is 5.99. The predicted octanol–water partition coefficient (Wildman–Crippen LogP) is 2.06. The predicted molar refractivity (Wildman–Crippen MR) is 71.5 cm³/mol. The maximum Gasteiger partial charge on any atom is 0.223 e. The molecule has 1 unspecified atom stereocenters. The van der Waals surface area contributed by atoms with Crippen LogP contribution in [0.4, 0.5) is 4.39 Å². The molecule has 18 heavy (non-hydrogen) atoms. The molecule has 1 saturated heterocycles. The molecule has 0 radical (unpaired) electrons. The van der Waals surface area contributed by atoms with Crippen LogP contribution in [0.1, 0.15) is 12.5 Å². The van der Waals surface area contributed by atoms with Crippen LogP contribution in [0.25, 0.3) is 0 Å². The average Bonchev–Trinajstić information content (AvgIpc) is 2.22. The number of hydrogen-bond donors (Lipinski definition) is 2. The van der Waals surface area contributed by atoms with E-state index in [4.69, 9.17) is 0 Å². The highest BCUT2D eigenvalue weighted by atomic mass is 79.9. The Morgan fingerprint density at radius 3 is 2.83 bits per heavy atom. The fraction of sp³-hybridized carbons (Fsp3) is 0.462. The van der Waals surface area contributed by atoms with Gasteiger partial charge in [0.25, 0.3) is 0 Å². The van der Waals surface area contributed by atoms with Crippen molar-refractivity contribution in [2.45, 2.75) is 13.5 Å². The molecule has 5 heteroatoms. The largest absolute Gasteiger partial charge is 0.352 e. The lowest BCUT2D eigenvalue weighted by atomic mass is 9.88. The Bertz CT molecular complexity index is 428. The van der Waals surface area contributed by atoms with Crippen LogP contribution in [0.2, 0.25) is 0 Å². The fourth-order valence-electron chi connectivity index (χ4n) is 1.94. The number of hydrogen-bond acceptors (Lipinski definition) is 2. The Labute approximate surface area is 114 Å². The molecule has 1 atom stereocenters. The van der Waals surface area contributed by atoms with Crippen LogP contribution in [-0.2, 0) is 11.3 Å². The molecule has 1 fully saturated rings. The average molecular weight is 315 g/mol. The van der Waals surface area contributed by atoms with Gasteiger partial charge in [-0.1, -0.05) is 22.9 Å². The van der Waals surface area contributed by atoms with Gasteiger partial charge >= 0.3 is 0 Å². The van der Waals surface area contributed by atoms with E-state index in [1.165, 1.54) is 12.1 Å². The lowest BCUT2D eigenvalue weighted by Gasteiger charge is -2.31. The lowest BCUT2D eigenvalue weighted by Crippen LogP contribution is -2.49. The van der Waals surface area contributed by atoms with E-state index < -0.39 is 0 Å². The van der Waals surface area contributed by atoms with Gasteiger partial charge in [0.05, 0.1) is 0 Å². The highest BCUT2D eigenvalue weighted by Gasteiger charge is 2.28. The van der Waals surface area contributed by atoms with Gasteiger partial charge < -0.3 is 10.6 Å². The number of halogens is 2. The van der Waals surface area contributed by atoms with Gasteiger partial charge in [0.1, 0.15) is 5.82 Å². The number of carbonyl (C=O) groups is 1. The first-order chi connectivity index (χ1) is 8.56. The van der Waals surface area contributed by atoms with Gasteiger partial charge in [-0.05, 0) is 42.8 Å². The summed E-state index contributed by atoms with van der Waals surface area (Å²) >= 11 is 3.23. The van der Waals surface area contributed by atoms with Crippen molar-refractivity contribution in [3.63, 3.8) is 0 Å². The number of amides is 1. The minimum absolute atomic E-state index is 0.00301. The molecule has 0 spiro atoms. The van der Waals surface area contributed by atoms with E-state index in [1.807, 2.05) is 6.92 Å². The summed E-state index contributed by atoms with van der Waals surface area (Å²) in [4.78, 5) is 11.9. The Morgan fingerprint density at radius 2 is 2.28 bits per heavy atom. The van der Waals surface area contributed by atoms with Crippen LogP contribution in [0.5, 0.6) is 0 Å². The third-order valence-corrected chi connectivity index (χ3v) is 3.78. The van der Waals surface area contributed by atoms with Crippen molar-refractivity contribution in [2.24, 2.45) is 11.8 Å². The fourth-order valence-corrected chi connectivity index (χ4v) is 2.45. The van der Waals surface area contributed by atoms with Crippen molar-refractivity contribution >= 4 is 21.8 Å². The van der Waals surface area contributed by atoms with E-state index in [-0.39, 0.29) is 17.6 Å². The molecule has 2 N–H and O–H groups in total. The van der Waals surface area contributed by atoms with Gasteiger partial charge in [0.15, 0.2) is 0 Å². The summed E-state index contributed by atoms with van der Waals surface area (Å²) in [6.45, 7) is 4.10. The molecule has 3 nitrogen and oxygen atoms in total. The molecule has 1 heterocycles. The SMILES string of the molecule is CC(C(=O)NCc1cc(F)cc(Br)c1)C1CNC1. The maximum absolute atomic E-state index is 13.2. The number of nitrogens with one attached hydrogen (secondary N) is 2. The molecule has 0 aromatic heterocycles. The first-order valence-corrected chi connectivity index (χ1v) is 6.79. The van der Waals surface area contributed by atoms with Crippen molar-refractivity contribution in [3.8, 4) is 0 Å². The smallest absolute Gasteiger partial charge is 0.223 e. The Balaban J connectivity index is 1.88. The molecule has 0 bridgehead atoms. The topological polar surface area (TPSA) is 41.1 Å². The second-order valence-corrected chi connectivity index (χ2v) is 5.62. The van der Waals surface area contributed by atoms with E-state index in [2.05, 4.69) is 26.6 Å². The van der Waals surface area contributed by atoms with Gasteiger partial charge in [-0.2, -0.15) is 0 Å². The number of rotatable bonds is 4. The highest BCUT2D eigenvalue weighted by Crippen LogP contribution is 2.17. The normalized spacial score (nSPS) is 17.1. The van der Waals surface area contributed by atoms with Gasteiger partial charge in [0, 0.05) is 16.9 Å². The lowest BCUT2D eigenvalue weighted by molar-refractivity contribution is -0.126. The van der Waals surface area contributed by atoms with Crippen molar-refractivity contribution in [2.75, 3.05) is 13.1 Å². The zero-order valence-electron chi connectivity index (χ0n) is 10.2. The Hall–Kier alpha value is -0.940. The van der Waals surface area contributed by atoms with Crippen molar-refractivity contribution < 1.29 is 9.18 Å². The third kappa shape index (κ3) is 3.29. The minimum atomic E-state index is -0.301. The molecule has 98 valence electrons. The summed E-state index contributed by atoms with van der Waals surface area (Å²) in [6, 6.07) is 4.63. The maximum atomic E-state index is 13.2. The molecule has 1 aromatic rings. The van der Waals surface area contributed by atoms with Crippen LogP contribution in [-0.4, -0.2) is 19.0 Å². The summed E-state index contributed by atoms with van der Waals surface area (Å²) < 4.78 is 13.8. The van der Waals surface area contributed by atoms with Crippen LogP contribution < -0.4 is 10.6 Å². The molecular weight excluding hydrogens is 299 g/mol. The minimum Gasteiger partial charge on any atom is -0.352 e. The van der Waals surface area contributed by atoms with Crippen LogP contribution in [0.15, 0.2) is 22.7 Å². The van der Waals surface area contributed by atoms with Crippen molar-refractivity contribution in [1.82, 2.24) is 10.6 Å². The zero-order chi connectivity index (χ0) is 13.1. The summed E-state index contributed by atoms with van der Waals surface area (Å²) in [5.74, 6) is 0.152. The van der Waals surface area contributed by atoms with Gasteiger partial charge in [-0.15, -0.1) is 0 Å². The molecule has 1 aliphatic rings. The summed E-state index contributed by atoms with van der Waals surface area (Å²) in [7, 11) is 0. The van der Waals surface area contributed by atoms with E-state index in [9.17, 15) is 9.18 Å². The Morgan fingerprint density at radius 1 is 1.56 bits per heavy atom.